The Morgan fingerprint density at radius 1 is 0.978 bits per heavy atom. The zero-order valence-corrected chi connectivity index (χ0v) is 27.5. The SMILES string of the molecule is COc1ccccc1-c1cc(C(=O)Nc2nc3ccc(N4CCC(N(C)CCN(C)C)CC4)cc3n2[C@H]2CC[C@@H](O)CC2)ccn1. The first-order valence-corrected chi connectivity index (χ1v) is 16.5. The van der Waals surface area contributed by atoms with Crippen molar-refractivity contribution in [1.29, 1.82) is 0 Å². The number of fused-ring (bicyclic) bond motifs is 1. The lowest BCUT2D eigenvalue weighted by Crippen LogP contribution is -2.45. The monoisotopic (exact) mass is 625 g/mol. The molecule has 1 saturated carbocycles. The number of likely N-dealkylation sites (N-methyl/N-ethyl adjacent to an activating group) is 2. The molecule has 10 heteroatoms. The number of para-hydroxylation sites is 1. The van der Waals surface area contributed by atoms with Gasteiger partial charge in [-0.25, -0.2) is 4.98 Å². The zero-order valence-electron chi connectivity index (χ0n) is 27.5. The molecule has 244 valence electrons. The number of benzene rings is 2. The van der Waals surface area contributed by atoms with E-state index in [0.717, 1.165) is 81.3 Å². The smallest absolute Gasteiger partial charge is 0.258 e. The van der Waals surface area contributed by atoms with E-state index in [2.05, 4.69) is 68.9 Å². The molecule has 2 aromatic heterocycles. The molecule has 1 saturated heterocycles. The number of imidazole rings is 1. The lowest BCUT2D eigenvalue weighted by Gasteiger charge is -2.38. The molecule has 0 radical (unpaired) electrons. The maximum Gasteiger partial charge on any atom is 0.258 e. The van der Waals surface area contributed by atoms with E-state index in [1.165, 1.54) is 5.69 Å². The Balaban J connectivity index is 1.25. The number of amides is 1. The van der Waals surface area contributed by atoms with Crippen molar-refractivity contribution in [1.82, 2.24) is 24.3 Å². The minimum atomic E-state index is -0.276. The van der Waals surface area contributed by atoms with Crippen molar-refractivity contribution < 1.29 is 14.6 Å². The molecule has 1 aliphatic heterocycles. The number of anilines is 2. The summed E-state index contributed by atoms with van der Waals surface area (Å²) in [5.74, 6) is 0.993. The number of aromatic nitrogens is 3. The molecule has 1 aliphatic carbocycles. The number of nitrogens with zero attached hydrogens (tertiary/aromatic N) is 6. The van der Waals surface area contributed by atoms with Gasteiger partial charge in [-0.15, -0.1) is 0 Å². The van der Waals surface area contributed by atoms with Crippen LogP contribution >= 0.6 is 0 Å². The van der Waals surface area contributed by atoms with Crippen LogP contribution in [-0.4, -0.2) is 102 Å². The van der Waals surface area contributed by atoms with Gasteiger partial charge in [-0.2, -0.15) is 0 Å². The molecule has 0 bridgehead atoms. The van der Waals surface area contributed by atoms with E-state index in [1.807, 2.05) is 24.3 Å². The van der Waals surface area contributed by atoms with Gasteiger partial charge in [-0.1, -0.05) is 12.1 Å². The van der Waals surface area contributed by atoms with Crippen LogP contribution in [0.3, 0.4) is 0 Å². The molecule has 2 N–H and O–H groups in total. The number of methoxy groups -OCH3 is 1. The van der Waals surface area contributed by atoms with E-state index >= 15 is 0 Å². The van der Waals surface area contributed by atoms with Crippen molar-refractivity contribution in [3.63, 3.8) is 0 Å². The molecule has 4 aromatic rings. The Bertz CT molecular complexity index is 1640. The Morgan fingerprint density at radius 3 is 2.48 bits per heavy atom. The first kappa shape index (κ1) is 32.0. The molecule has 0 atom stereocenters. The largest absolute Gasteiger partial charge is 0.496 e. The van der Waals surface area contributed by atoms with Gasteiger partial charge in [0, 0.05) is 61.3 Å². The van der Waals surface area contributed by atoms with Gasteiger partial charge >= 0.3 is 0 Å². The van der Waals surface area contributed by atoms with Crippen LogP contribution in [0.5, 0.6) is 5.75 Å². The highest BCUT2D eigenvalue weighted by atomic mass is 16.5. The van der Waals surface area contributed by atoms with Crippen molar-refractivity contribution in [2.75, 3.05) is 64.6 Å². The molecular weight excluding hydrogens is 578 g/mol. The van der Waals surface area contributed by atoms with Gasteiger partial charge in [0.25, 0.3) is 5.91 Å². The number of ether oxygens (including phenoxy) is 1. The number of carbonyl (C=O) groups excluding carboxylic acids is 1. The summed E-state index contributed by atoms with van der Waals surface area (Å²) >= 11 is 0. The molecule has 2 aliphatic rings. The molecule has 10 nitrogen and oxygen atoms in total. The molecule has 2 fully saturated rings. The number of pyridine rings is 1. The van der Waals surface area contributed by atoms with Gasteiger partial charge in [0.2, 0.25) is 5.95 Å². The average Bonchev–Trinajstić information content (AvgIpc) is 3.44. The van der Waals surface area contributed by atoms with Crippen LogP contribution in [0, 0.1) is 0 Å². The maximum atomic E-state index is 13.7. The van der Waals surface area contributed by atoms with Crippen LogP contribution < -0.4 is 15.0 Å². The van der Waals surface area contributed by atoms with Crippen LogP contribution in [0.4, 0.5) is 11.6 Å². The molecule has 46 heavy (non-hydrogen) atoms. The van der Waals surface area contributed by atoms with Crippen LogP contribution in [0.25, 0.3) is 22.3 Å². The molecule has 2 aromatic carbocycles. The molecule has 0 spiro atoms. The summed E-state index contributed by atoms with van der Waals surface area (Å²) in [5.41, 5.74) is 5.04. The minimum absolute atomic E-state index is 0.136. The standard InChI is InChI=1S/C36H47N7O3/c1-40(2)21-22-41(3)26-16-19-42(20-17-26)28-11-14-31-33(24-28)43(27-9-12-29(44)13-10-27)36(38-31)39-35(45)25-15-18-37-32(23-25)30-7-5-6-8-34(30)46-4/h5-8,11,14-15,18,23-24,26-27,29,44H,9-10,12-13,16-17,19-22H2,1-4H3,(H,38,39,45)/t27-,29+. The van der Waals surface area contributed by atoms with Gasteiger partial charge < -0.3 is 29.1 Å². The van der Waals surface area contributed by atoms with Crippen LogP contribution in [0.2, 0.25) is 0 Å². The third-order valence-electron chi connectivity index (χ3n) is 9.69. The third-order valence-corrected chi connectivity index (χ3v) is 9.69. The first-order chi connectivity index (χ1) is 22.3. The number of hydrogen-bond acceptors (Lipinski definition) is 8. The Kier molecular flexibility index (Phi) is 9.86. The number of carbonyl (C=O) groups is 1. The third kappa shape index (κ3) is 7.04. The number of piperidine rings is 1. The molecule has 0 unspecified atom stereocenters. The Labute approximate surface area is 272 Å². The van der Waals surface area contributed by atoms with Gasteiger partial charge in [0.05, 0.1) is 29.9 Å². The second-order valence-electron chi connectivity index (χ2n) is 13.0. The number of hydrogen-bond donors (Lipinski definition) is 2. The van der Waals surface area contributed by atoms with Gasteiger partial charge in [0.1, 0.15) is 5.75 Å². The highest BCUT2D eigenvalue weighted by Gasteiger charge is 2.28. The fourth-order valence-corrected chi connectivity index (χ4v) is 6.91. The summed E-state index contributed by atoms with van der Waals surface area (Å²) in [5, 5.41) is 13.4. The normalized spacial score (nSPS) is 19.2. The topological polar surface area (TPSA) is 99.0 Å². The predicted octanol–water partition coefficient (Wildman–Crippen LogP) is 5.30. The van der Waals surface area contributed by atoms with E-state index in [0.29, 0.717) is 29.0 Å². The fourth-order valence-electron chi connectivity index (χ4n) is 6.91. The molecular formula is C36H47N7O3. The van der Waals surface area contributed by atoms with Gasteiger partial charge in [0.15, 0.2) is 0 Å². The molecule has 1 amide bonds. The van der Waals surface area contributed by atoms with Crippen LogP contribution in [0.15, 0.2) is 60.8 Å². The van der Waals surface area contributed by atoms with Crippen molar-refractivity contribution in [3.05, 3.63) is 66.4 Å². The lowest BCUT2D eigenvalue weighted by atomic mass is 9.93. The van der Waals surface area contributed by atoms with E-state index in [1.54, 1.807) is 25.4 Å². The van der Waals surface area contributed by atoms with Crippen molar-refractivity contribution >= 4 is 28.6 Å². The number of rotatable bonds is 10. The average molecular weight is 626 g/mol. The highest BCUT2D eigenvalue weighted by Crippen LogP contribution is 2.37. The highest BCUT2D eigenvalue weighted by molar-refractivity contribution is 6.04. The summed E-state index contributed by atoms with van der Waals surface area (Å²) in [4.78, 5) is 30.4. The quantitative estimate of drug-likeness (QED) is 0.245. The minimum Gasteiger partial charge on any atom is -0.496 e. The van der Waals surface area contributed by atoms with E-state index in [-0.39, 0.29) is 18.1 Å². The summed E-state index contributed by atoms with van der Waals surface area (Å²) in [6.07, 6.45) is 6.77. The summed E-state index contributed by atoms with van der Waals surface area (Å²) < 4.78 is 7.73. The van der Waals surface area contributed by atoms with Crippen molar-refractivity contribution in [2.24, 2.45) is 0 Å². The van der Waals surface area contributed by atoms with E-state index in [9.17, 15) is 9.90 Å². The fraction of sp³-hybridized carbons (Fsp3) is 0.472. The summed E-state index contributed by atoms with van der Waals surface area (Å²) in [6, 6.07) is 18.4. The Hall–Kier alpha value is -3.99. The van der Waals surface area contributed by atoms with Crippen LogP contribution in [-0.2, 0) is 0 Å². The molecule has 3 heterocycles. The molecule has 6 rings (SSSR count). The summed E-state index contributed by atoms with van der Waals surface area (Å²) in [6.45, 7) is 4.16. The predicted molar refractivity (Wildman–Crippen MR) is 184 cm³/mol. The van der Waals surface area contributed by atoms with Crippen molar-refractivity contribution in [3.8, 4) is 17.0 Å². The van der Waals surface area contributed by atoms with Crippen LogP contribution in [0.1, 0.15) is 54.9 Å². The number of aliphatic hydroxyl groups excluding tert-OH is 1. The van der Waals surface area contributed by atoms with E-state index < -0.39 is 0 Å². The zero-order chi connectivity index (χ0) is 32.2. The van der Waals surface area contributed by atoms with Gasteiger partial charge in [-0.3, -0.25) is 15.1 Å². The first-order valence-electron chi connectivity index (χ1n) is 16.5. The Morgan fingerprint density at radius 2 is 1.74 bits per heavy atom. The number of aliphatic hydroxyl groups is 1. The maximum absolute atomic E-state index is 13.7. The van der Waals surface area contributed by atoms with E-state index in [4.69, 9.17) is 9.72 Å². The second kappa shape index (κ2) is 14.2. The number of nitrogens with one attached hydrogen (secondary N) is 1. The van der Waals surface area contributed by atoms with Crippen molar-refractivity contribution in [2.45, 2.75) is 56.7 Å². The summed E-state index contributed by atoms with van der Waals surface area (Å²) in [7, 11) is 8.13. The van der Waals surface area contributed by atoms with Gasteiger partial charge in [-0.05, 0) is 102 Å². The lowest BCUT2D eigenvalue weighted by molar-refractivity contribution is 0.102. The second-order valence-corrected chi connectivity index (χ2v) is 13.0.